The number of hydrogen-bond donors (Lipinski definition) is 1. The van der Waals surface area contributed by atoms with Gasteiger partial charge in [0.05, 0.1) is 23.5 Å². The van der Waals surface area contributed by atoms with E-state index in [-0.39, 0.29) is 23.9 Å². The van der Waals surface area contributed by atoms with Crippen LogP contribution in [0.15, 0.2) is 36.4 Å². The van der Waals surface area contributed by atoms with Crippen molar-refractivity contribution in [2.75, 3.05) is 27.2 Å². The van der Waals surface area contributed by atoms with Gasteiger partial charge < -0.3 is 19.1 Å². The zero-order chi connectivity index (χ0) is 34.2. The van der Waals surface area contributed by atoms with E-state index in [0.29, 0.717) is 30.9 Å². The summed E-state index contributed by atoms with van der Waals surface area (Å²) in [5.41, 5.74) is 5.44. The van der Waals surface area contributed by atoms with Gasteiger partial charge in [-0.15, -0.1) is 0 Å². The van der Waals surface area contributed by atoms with Crippen molar-refractivity contribution in [1.29, 1.82) is 0 Å². The van der Waals surface area contributed by atoms with E-state index in [0.717, 1.165) is 73.1 Å². The van der Waals surface area contributed by atoms with Gasteiger partial charge in [-0.25, -0.2) is 13.1 Å². The number of nitrogens with zero attached hydrogens (tertiary/aromatic N) is 3. The number of carbonyl (C=O) groups excluding carboxylic acids is 2. The molecule has 4 fully saturated rings. The molecule has 49 heavy (non-hydrogen) atoms. The Hall–Kier alpha value is -3.37. The molecule has 4 heterocycles. The third-order valence-electron chi connectivity index (χ3n) is 12.7. The van der Waals surface area contributed by atoms with Crippen molar-refractivity contribution in [3.8, 4) is 17.0 Å². The number of rotatable bonds is 8. The molecule has 1 N–H and O–H groups in total. The fraction of sp³-hybridized carbons (Fsp3) is 0.590. The molecule has 0 spiro atoms. The summed E-state index contributed by atoms with van der Waals surface area (Å²) in [6.45, 7) is 6.02. The van der Waals surface area contributed by atoms with Crippen LogP contribution in [0.1, 0.15) is 111 Å². The Balaban J connectivity index is 1.30. The molecule has 0 radical (unpaired) electrons. The lowest BCUT2D eigenvalue weighted by Gasteiger charge is -2.41. The molecule has 4 atom stereocenters. The van der Waals surface area contributed by atoms with Crippen molar-refractivity contribution < 1.29 is 22.7 Å². The predicted octanol–water partition coefficient (Wildman–Crippen LogP) is 6.41. The second kappa shape index (κ2) is 12.1. The van der Waals surface area contributed by atoms with Gasteiger partial charge in [0.1, 0.15) is 5.75 Å². The Morgan fingerprint density at radius 3 is 2.37 bits per heavy atom. The number of piperazine rings is 1. The van der Waals surface area contributed by atoms with Crippen molar-refractivity contribution >= 4 is 32.7 Å². The molecule has 5 aliphatic rings. The molecule has 2 aromatic carbocycles. The number of amides is 2. The molecule has 2 unspecified atom stereocenters. The van der Waals surface area contributed by atoms with Crippen molar-refractivity contribution in [2.24, 2.45) is 5.41 Å². The van der Waals surface area contributed by atoms with E-state index in [1.54, 1.807) is 13.2 Å². The minimum absolute atomic E-state index is 0.0787. The number of likely N-dealkylation sites (tertiary alicyclic amines) is 1. The molecule has 2 bridgehead atoms. The smallest absolute Gasteiger partial charge is 0.264 e. The summed E-state index contributed by atoms with van der Waals surface area (Å²) >= 11 is 0. The average Bonchev–Trinajstić information content (AvgIpc) is 3.68. The average molecular weight is 687 g/mol. The number of nitrogens with one attached hydrogen (secondary N) is 1. The highest BCUT2D eigenvalue weighted by molar-refractivity contribution is 7.90. The summed E-state index contributed by atoms with van der Waals surface area (Å²) in [7, 11) is 0.0406. The SMILES string of the molecule is CCC(CC)S(=O)(=O)NC(=O)c1ccc2c(C3CCCCC3)c3n(c2c1)C[C@@]1(C(=O)N2C4CCC2CN(C)C4)C[C@H]1c1cc(OC)ccc1-3. The number of carbonyl (C=O) groups is 2. The second-order valence-corrected chi connectivity index (χ2v) is 17.5. The Morgan fingerprint density at radius 2 is 1.69 bits per heavy atom. The lowest BCUT2D eigenvalue weighted by molar-refractivity contribution is -0.143. The second-order valence-electron chi connectivity index (χ2n) is 15.5. The van der Waals surface area contributed by atoms with Crippen LogP contribution in [0.4, 0.5) is 0 Å². The van der Waals surface area contributed by atoms with E-state index < -0.39 is 26.6 Å². The van der Waals surface area contributed by atoms with Gasteiger partial charge in [0.15, 0.2) is 0 Å². The Labute approximate surface area is 290 Å². The van der Waals surface area contributed by atoms with Gasteiger partial charge in [0, 0.05) is 59.7 Å². The topological polar surface area (TPSA) is 101 Å². The number of hydrogen-bond acceptors (Lipinski definition) is 6. The van der Waals surface area contributed by atoms with Crippen LogP contribution >= 0.6 is 0 Å². The predicted molar refractivity (Wildman–Crippen MR) is 191 cm³/mol. The minimum Gasteiger partial charge on any atom is -0.497 e. The highest BCUT2D eigenvalue weighted by Gasteiger charge is 2.65. The number of benzene rings is 2. The van der Waals surface area contributed by atoms with Gasteiger partial charge in [-0.3, -0.25) is 9.59 Å². The number of ether oxygens (including phenoxy) is 1. The Kier molecular flexibility index (Phi) is 8.13. The summed E-state index contributed by atoms with van der Waals surface area (Å²) < 4.78 is 36.7. The van der Waals surface area contributed by atoms with Gasteiger partial charge in [0.2, 0.25) is 15.9 Å². The van der Waals surface area contributed by atoms with Crippen LogP contribution in [0, 0.1) is 5.41 Å². The first kappa shape index (κ1) is 32.8. The van der Waals surface area contributed by atoms with E-state index in [1.807, 2.05) is 32.0 Å². The van der Waals surface area contributed by atoms with Crippen molar-refractivity contribution in [3.63, 3.8) is 0 Å². The van der Waals surface area contributed by atoms with Crippen LogP contribution in [0.2, 0.25) is 0 Å². The van der Waals surface area contributed by atoms with Crippen LogP contribution in [0.3, 0.4) is 0 Å². The molecule has 10 heteroatoms. The summed E-state index contributed by atoms with van der Waals surface area (Å²) in [5.74, 6) is 0.910. The molecule has 1 aromatic heterocycles. The quantitative estimate of drug-likeness (QED) is 0.294. The largest absolute Gasteiger partial charge is 0.497 e. The molecule has 3 aromatic rings. The fourth-order valence-electron chi connectivity index (χ4n) is 10.1. The molecule has 262 valence electrons. The van der Waals surface area contributed by atoms with Crippen LogP contribution in [0.5, 0.6) is 5.75 Å². The molecule has 2 saturated carbocycles. The van der Waals surface area contributed by atoms with Crippen molar-refractivity contribution in [1.82, 2.24) is 19.1 Å². The maximum atomic E-state index is 15.0. The molecule has 8 rings (SSSR count). The van der Waals surface area contributed by atoms with Gasteiger partial charge >= 0.3 is 0 Å². The number of aromatic nitrogens is 1. The van der Waals surface area contributed by atoms with Gasteiger partial charge in [-0.05, 0) is 99.4 Å². The summed E-state index contributed by atoms with van der Waals surface area (Å²) in [5, 5.41) is 0.475. The lowest BCUT2D eigenvalue weighted by atomic mass is 9.81. The summed E-state index contributed by atoms with van der Waals surface area (Å²) in [4.78, 5) is 33.3. The van der Waals surface area contributed by atoms with Crippen LogP contribution < -0.4 is 9.46 Å². The molecular weight excluding hydrogens is 637 g/mol. The molecule has 2 amide bonds. The van der Waals surface area contributed by atoms with E-state index in [2.05, 4.69) is 38.3 Å². The standard InChI is InChI=1S/C39H50N4O5S/c1-5-29(6-2)49(46,47)40-37(44)25-12-16-31-34(18-25)42-23-39(38(45)43-26-13-14-27(43)22-41(3)21-26)20-33(39)32-19-28(48-4)15-17-30(32)36(42)35(31)24-10-8-7-9-11-24/h12,15-19,24,26-27,29,33H,5-11,13-14,20-23H2,1-4H3,(H,40,44)/t26?,27?,33-,39-/m0/s1. The van der Waals surface area contributed by atoms with Crippen LogP contribution in [-0.4, -0.2) is 79.2 Å². The van der Waals surface area contributed by atoms with Gasteiger partial charge in [-0.1, -0.05) is 39.2 Å². The Morgan fingerprint density at radius 1 is 0.980 bits per heavy atom. The Bertz CT molecular complexity index is 1910. The molecule has 2 saturated heterocycles. The monoisotopic (exact) mass is 686 g/mol. The lowest BCUT2D eigenvalue weighted by Crippen LogP contribution is -2.57. The van der Waals surface area contributed by atoms with E-state index >= 15 is 4.79 Å². The third kappa shape index (κ3) is 5.22. The molecule has 2 aliphatic carbocycles. The highest BCUT2D eigenvalue weighted by Crippen LogP contribution is 2.66. The van der Waals surface area contributed by atoms with Crippen LogP contribution in [0.25, 0.3) is 22.2 Å². The van der Waals surface area contributed by atoms with E-state index in [4.69, 9.17) is 4.74 Å². The minimum atomic E-state index is -3.82. The summed E-state index contributed by atoms with van der Waals surface area (Å²) in [6.07, 6.45) is 9.55. The molecule has 3 aliphatic heterocycles. The molecular formula is C39H50N4O5S. The van der Waals surface area contributed by atoms with Crippen molar-refractivity contribution in [2.45, 2.75) is 114 Å². The first-order valence-corrected chi connectivity index (χ1v) is 20.1. The highest BCUT2D eigenvalue weighted by atomic mass is 32.2. The van der Waals surface area contributed by atoms with Crippen LogP contribution in [-0.2, 0) is 21.4 Å². The van der Waals surface area contributed by atoms with Crippen molar-refractivity contribution in [3.05, 3.63) is 53.1 Å². The summed E-state index contributed by atoms with van der Waals surface area (Å²) in [6, 6.07) is 12.5. The van der Waals surface area contributed by atoms with E-state index in [9.17, 15) is 13.2 Å². The van der Waals surface area contributed by atoms with Gasteiger partial charge in [-0.2, -0.15) is 0 Å². The maximum absolute atomic E-state index is 15.0. The number of fused-ring (bicyclic) bond motifs is 9. The normalized spacial score (nSPS) is 26.6. The first-order chi connectivity index (χ1) is 23.6. The third-order valence-corrected chi connectivity index (χ3v) is 14.7. The zero-order valence-electron chi connectivity index (χ0n) is 29.3. The first-order valence-electron chi connectivity index (χ1n) is 18.5. The number of likely N-dealkylation sites (N-methyl/N-ethyl adjacent to an activating group) is 1. The zero-order valence-corrected chi connectivity index (χ0v) is 30.2. The number of methoxy groups -OCH3 is 1. The van der Waals surface area contributed by atoms with E-state index in [1.165, 1.54) is 30.4 Å². The molecule has 9 nitrogen and oxygen atoms in total. The van der Waals surface area contributed by atoms with Gasteiger partial charge in [0.25, 0.3) is 5.91 Å². The maximum Gasteiger partial charge on any atom is 0.264 e. The number of sulfonamides is 1. The fourth-order valence-corrected chi connectivity index (χ4v) is 11.5.